The minimum Gasteiger partial charge on any atom is -0.393 e. The van der Waals surface area contributed by atoms with Crippen LogP contribution in [0.15, 0.2) is 30.3 Å². The first kappa shape index (κ1) is 17.4. The SMILES string of the molecule is CC(O)C1CCN(C(C(=O)N2CCCCC2)c2ccccc2)CC1. The molecule has 3 rings (SSSR count). The molecule has 0 bridgehead atoms. The summed E-state index contributed by atoms with van der Waals surface area (Å²) in [4.78, 5) is 17.6. The molecule has 2 atom stereocenters. The van der Waals surface area contributed by atoms with Crippen molar-refractivity contribution < 1.29 is 9.90 Å². The van der Waals surface area contributed by atoms with Crippen molar-refractivity contribution >= 4 is 5.91 Å². The maximum absolute atomic E-state index is 13.2. The van der Waals surface area contributed by atoms with E-state index in [1.165, 1.54) is 6.42 Å². The Morgan fingerprint density at radius 1 is 1.04 bits per heavy atom. The zero-order valence-electron chi connectivity index (χ0n) is 14.7. The van der Waals surface area contributed by atoms with Gasteiger partial charge in [-0.2, -0.15) is 0 Å². The molecule has 24 heavy (non-hydrogen) atoms. The fourth-order valence-corrected chi connectivity index (χ4v) is 4.09. The Morgan fingerprint density at radius 2 is 1.67 bits per heavy atom. The maximum Gasteiger partial charge on any atom is 0.244 e. The Hall–Kier alpha value is -1.39. The summed E-state index contributed by atoms with van der Waals surface area (Å²) < 4.78 is 0. The van der Waals surface area contributed by atoms with E-state index in [9.17, 15) is 9.90 Å². The van der Waals surface area contributed by atoms with Crippen LogP contribution in [0.1, 0.15) is 50.6 Å². The van der Waals surface area contributed by atoms with Gasteiger partial charge in [0, 0.05) is 13.1 Å². The second-order valence-corrected chi connectivity index (χ2v) is 7.31. The lowest BCUT2D eigenvalue weighted by molar-refractivity contribution is -0.139. The molecular weight excluding hydrogens is 300 g/mol. The number of carbonyl (C=O) groups excluding carboxylic acids is 1. The molecule has 2 unspecified atom stereocenters. The Balaban J connectivity index is 1.77. The molecule has 1 aromatic rings. The number of rotatable bonds is 4. The number of benzene rings is 1. The molecule has 1 N–H and O–H groups in total. The zero-order chi connectivity index (χ0) is 16.9. The van der Waals surface area contributed by atoms with Gasteiger partial charge in [0.25, 0.3) is 0 Å². The van der Waals surface area contributed by atoms with Crippen molar-refractivity contribution in [2.75, 3.05) is 26.2 Å². The van der Waals surface area contributed by atoms with E-state index in [-0.39, 0.29) is 18.1 Å². The molecule has 2 fully saturated rings. The summed E-state index contributed by atoms with van der Waals surface area (Å²) in [6, 6.07) is 10.0. The molecule has 0 spiro atoms. The molecule has 0 aliphatic carbocycles. The van der Waals surface area contributed by atoms with Crippen molar-refractivity contribution in [1.29, 1.82) is 0 Å². The number of aliphatic hydroxyl groups is 1. The second kappa shape index (κ2) is 8.13. The van der Waals surface area contributed by atoms with Crippen LogP contribution in [0.25, 0.3) is 0 Å². The molecule has 0 aromatic heterocycles. The highest BCUT2D eigenvalue weighted by molar-refractivity contribution is 5.83. The molecule has 132 valence electrons. The minimum absolute atomic E-state index is 0.167. The standard InChI is InChI=1S/C20H30N2O2/c1-16(23)17-10-14-21(15-11-17)19(18-8-4-2-5-9-18)20(24)22-12-6-3-7-13-22/h2,4-5,8-9,16-17,19,23H,3,6-7,10-15H2,1H3. The Bertz CT molecular complexity index is 518. The van der Waals surface area contributed by atoms with Crippen LogP contribution in [0.2, 0.25) is 0 Å². The molecule has 2 aliphatic heterocycles. The predicted molar refractivity (Wildman–Crippen MR) is 95.6 cm³/mol. The molecule has 1 aromatic carbocycles. The fourth-order valence-electron chi connectivity index (χ4n) is 4.09. The first-order valence-corrected chi connectivity index (χ1v) is 9.42. The molecule has 2 saturated heterocycles. The third kappa shape index (κ3) is 3.98. The van der Waals surface area contributed by atoms with Crippen molar-refractivity contribution in [2.24, 2.45) is 5.92 Å². The average Bonchev–Trinajstić information content (AvgIpc) is 2.64. The number of hydrogen-bond acceptors (Lipinski definition) is 3. The van der Waals surface area contributed by atoms with E-state index >= 15 is 0 Å². The van der Waals surface area contributed by atoms with Gasteiger partial charge in [0.15, 0.2) is 0 Å². The summed E-state index contributed by atoms with van der Waals surface area (Å²) >= 11 is 0. The molecule has 2 heterocycles. The van der Waals surface area contributed by atoms with Gasteiger partial charge in [-0.05, 0) is 63.6 Å². The van der Waals surface area contributed by atoms with Gasteiger partial charge < -0.3 is 10.0 Å². The second-order valence-electron chi connectivity index (χ2n) is 7.31. The van der Waals surface area contributed by atoms with E-state index in [0.29, 0.717) is 5.92 Å². The topological polar surface area (TPSA) is 43.8 Å². The lowest BCUT2D eigenvalue weighted by Crippen LogP contribution is -2.48. The van der Waals surface area contributed by atoms with Gasteiger partial charge in [0.2, 0.25) is 5.91 Å². The van der Waals surface area contributed by atoms with Crippen molar-refractivity contribution in [3.05, 3.63) is 35.9 Å². The van der Waals surface area contributed by atoms with Gasteiger partial charge >= 0.3 is 0 Å². The van der Waals surface area contributed by atoms with Gasteiger partial charge in [-0.15, -0.1) is 0 Å². The Morgan fingerprint density at radius 3 is 2.25 bits per heavy atom. The number of piperidine rings is 2. The number of amides is 1. The van der Waals surface area contributed by atoms with Crippen LogP contribution in [0.3, 0.4) is 0 Å². The molecule has 1 amide bonds. The van der Waals surface area contributed by atoms with E-state index < -0.39 is 0 Å². The van der Waals surface area contributed by atoms with Crippen LogP contribution in [0.4, 0.5) is 0 Å². The van der Waals surface area contributed by atoms with Crippen molar-refractivity contribution in [2.45, 2.75) is 51.2 Å². The third-order valence-corrected chi connectivity index (χ3v) is 5.64. The number of aliphatic hydroxyl groups excluding tert-OH is 1. The van der Waals surface area contributed by atoms with E-state index in [1.54, 1.807) is 0 Å². The summed E-state index contributed by atoms with van der Waals surface area (Å²) in [5.41, 5.74) is 1.10. The van der Waals surface area contributed by atoms with E-state index in [4.69, 9.17) is 0 Å². The summed E-state index contributed by atoms with van der Waals surface area (Å²) in [5.74, 6) is 0.624. The van der Waals surface area contributed by atoms with E-state index in [2.05, 4.69) is 21.9 Å². The fraction of sp³-hybridized carbons (Fsp3) is 0.650. The average molecular weight is 330 g/mol. The number of nitrogens with zero attached hydrogens (tertiary/aromatic N) is 2. The molecule has 4 nitrogen and oxygen atoms in total. The highest BCUT2D eigenvalue weighted by atomic mass is 16.3. The van der Waals surface area contributed by atoms with Crippen molar-refractivity contribution in [3.8, 4) is 0 Å². The van der Waals surface area contributed by atoms with Crippen LogP contribution in [0.5, 0.6) is 0 Å². The first-order valence-electron chi connectivity index (χ1n) is 9.42. The minimum atomic E-state index is -0.250. The van der Waals surface area contributed by atoms with Crippen LogP contribution >= 0.6 is 0 Å². The van der Waals surface area contributed by atoms with Gasteiger partial charge in [-0.3, -0.25) is 9.69 Å². The number of hydrogen-bond donors (Lipinski definition) is 1. The smallest absolute Gasteiger partial charge is 0.244 e. The van der Waals surface area contributed by atoms with Crippen LogP contribution in [-0.2, 0) is 4.79 Å². The molecule has 0 saturated carbocycles. The van der Waals surface area contributed by atoms with Gasteiger partial charge in [0.1, 0.15) is 6.04 Å². The highest BCUT2D eigenvalue weighted by Crippen LogP contribution is 2.30. The van der Waals surface area contributed by atoms with Crippen LogP contribution < -0.4 is 0 Å². The highest BCUT2D eigenvalue weighted by Gasteiger charge is 2.34. The monoisotopic (exact) mass is 330 g/mol. The lowest BCUT2D eigenvalue weighted by Gasteiger charge is -2.40. The summed E-state index contributed by atoms with van der Waals surface area (Å²) in [6.45, 7) is 5.44. The zero-order valence-corrected chi connectivity index (χ0v) is 14.7. The van der Waals surface area contributed by atoms with Gasteiger partial charge in [-0.1, -0.05) is 30.3 Å². The normalized spacial score (nSPS) is 23.0. The molecule has 0 radical (unpaired) electrons. The van der Waals surface area contributed by atoms with Gasteiger partial charge in [0.05, 0.1) is 6.10 Å². The predicted octanol–water partition coefficient (Wildman–Crippen LogP) is 2.83. The first-order chi connectivity index (χ1) is 11.7. The van der Waals surface area contributed by atoms with E-state index in [0.717, 1.165) is 57.4 Å². The number of likely N-dealkylation sites (tertiary alicyclic amines) is 2. The van der Waals surface area contributed by atoms with Gasteiger partial charge in [-0.25, -0.2) is 0 Å². The van der Waals surface area contributed by atoms with Crippen LogP contribution in [0, 0.1) is 5.92 Å². The summed E-state index contributed by atoms with van der Waals surface area (Å²) in [5, 5.41) is 9.84. The third-order valence-electron chi connectivity index (χ3n) is 5.64. The van der Waals surface area contributed by atoms with Crippen molar-refractivity contribution in [3.63, 3.8) is 0 Å². The molecular formula is C20H30N2O2. The molecule has 4 heteroatoms. The Labute approximate surface area is 145 Å². The maximum atomic E-state index is 13.2. The van der Waals surface area contributed by atoms with E-state index in [1.807, 2.05) is 25.1 Å². The summed E-state index contributed by atoms with van der Waals surface area (Å²) in [7, 11) is 0. The summed E-state index contributed by atoms with van der Waals surface area (Å²) in [6.07, 6.45) is 5.16. The number of carbonyl (C=O) groups is 1. The quantitative estimate of drug-likeness (QED) is 0.923. The Kier molecular flexibility index (Phi) is 5.90. The largest absolute Gasteiger partial charge is 0.393 e. The lowest BCUT2D eigenvalue weighted by atomic mass is 9.90. The molecule has 2 aliphatic rings. The van der Waals surface area contributed by atoms with Crippen LogP contribution in [-0.4, -0.2) is 53.1 Å². The van der Waals surface area contributed by atoms with Crippen molar-refractivity contribution in [1.82, 2.24) is 9.80 Å².